The van der Waals surface area contributed by atoms with Crippen LogP contribution in [0.4, 0.5) is 0 Å². The number of hydrogen-bond acceptors (Lipinski definition) is 3. The first kappa shape index (κ1) is 16.1. The van der Waals surface area contributed by atoms with Crippen molar-refractivity contribution < 1.29 is 14.6 Å². The molecule has 0 amide bonds. The quantitative estimate of drug-likeness (QED) is 0.733. The molecule has 0 bridgehead atoms. The first-order valence-electron chi connectivity index (χ1n) is 7.85. The normalized spacial score (nSPS) is 11.8. The summed E-state index contributed by atoms with van der Waals surface area (Å²) in [7, 11) is 1.61. The predicted octanol–water partition coefficient (Wildman–Crippen LogP) is 4.36. The smallest absolute Gasteiger partial charge is 0.125 e. The van der Waals surface area contributed by atoms with E-state index in [0.717, 1.165) is 16.7 Å². The number of ether oxygens (including phenoxy) is 2. The molecule has 0 spiro atoms. The Hall–Kier alpha value is -2.78. The van der Waals surface area contributed by atoms with Crippen LogP contribution in [0.3, 0.4) is 0 Å². The molecule has 0 aromatic heterocycles. The van der Waals surface area contributed by atoms with Gasteiger partial charge in [0.05, 0.1) is 7.11 Å². The van der Waals surface area contributed by atoms with Crippen molar-refractivity contribution in [2.75, 3.05) is 7.11 Å². The second-order valence-electron chi connectivity index (χ2n) is 5.49. The Kier molecular flexibility index (Phi) is 5.14. The maximum Gasteiger partial charge on any atom is 0.125 e. The van der Waals surface area contributed by atoms with E-state index in [1.807, 2.05) is 78.9 Å². The van der Waals surface area contributed by atoms with Crippen LogP contribution in [0.15, 0.2) is 78.9 Å². The Morgan fingerprint density at radius 3 is 2.42 bits per heavy atom. The monoisotopic (exact) mass is 320 g/mol. The lowest BCUT2D eigenvalue weighted by Gasteiger charge is -2.17. The molecule has 122 valence electrons. The number of methoxy groups -OCH3 is 1. The van der Waals surface area contributed by atoms with E-state index in [1.165, 1.54) is 0 Å². The van der Waals surface area contributed by atoms with E-state index in [0.29, 0.717) is 18.1 Å². The molecule has 0 fully saturated rings. The third-order valence-electron chi connectivity index (χ3n) is 3.86. The first-order chi connectivity index (χ1) is 11.8. The molecule has 3 rings (SSSR count). The molecule has 1 unspecified atom stereocenters. The Balaban J connectivity index is 1.82. The van der Waals surface area contributed by atoms with E-state index in [1.54, 1.807) is 7.11 Å². The van der Waals surface area contributed by atoms with E-state index >= 15 is 0 Å². The van der Waals surface area contributed by atoms with Gasteiger partial charge in [0.2, 0.25) is 0 Å². The molecule has 3 nitrogen and oxygen atoms in total. The SMILES string of the molecule is COc1cccc(C(O)c2ccccc2OCc2ccccc2)c1. The van der Waals surface area contributed by atoms with Gasteiger partial charge in [-0.2, -0.15) is 0 Å². The Morgan fingerprint density at radius 2 is 1.62 bits per heavy atom. The first-order valence-corrected chi connectivity index (χ1v) is 7.85. The summed E-state index contributed by atoms with van der Waals surface area (Å²) in [4.78, 5) is 0. The summed E-state index contributed by atoms with van der Waals surface area (Å²) in [6.45, 7) is 0.461. The second kappa shape index (κ2) is 7.66. The van der Waals surface area contributed by atoms with Gasteiger partial charge in [-0.1, -0.05) is 60.7 Å². The van der Waals surface area contributed by atoms with Crippen LogP contribution in [0.5, 0.6) is 11.5 Å². The topological polar surface area (TPSA) is 38.7 Å². The van der Waals surface area contributed by atoms with Gasteiger partial charge in [-0.3, -0.25) is 0 Å². The van der Waals surface area contributed by atoms with Gasteiger partial charge in [-0.15, -0.1) is 0 Å². The van der Waals surface area contributed by atoms with Crippen molar-refractivity contribution in [2.24, 2.45) is 0 Å². The molecule has 0 aliphatic heterocycles. The molecule has 1 atom stereocenters. The fourth-order valence-electron chi connectivity index (χ4n) is 2.56. The Labute approximate surface area is 142 Å². The summed E-state index contributed by atoms with van der Waals surface area (Å²) in [6.07, 6.45) is -0.771. The van der Waals surface area contributed by atoms with E-state index in [4.69, 9.17) is 9.47 Å². The van der Waals surface area contributed by atoms with Gasteiger partial charge in [-0.25, -0.2) is 0 Å². The summed E-state index contributed by atoms with van der Waals surface area (Å²) < 4.78 is 11.2. The maximum absolute atomic E-state index is 10.8. The summed E-state index contributed by atoms with van der Waals surface area (Å²) >= 11 is 0. The molecule has 3 heteroatoms. The molecule has 0 aliphatic carbocycles. The van der Waals surface area contributed by atoms with Crippen molar-refractivity contribution in [3.63, 3.8) is 0 Å². The fourth-order valence-corrected chi connectivity index (χ4v) is 2.56. The molecule has 1 N–H and O–H groups in total. The molecular weight excluding hydrogens is 300 g/mol. The zero-order valence-corrected chi connectivity index (χ0v) is 13.6. The highest BCUT2D eigenvalue weighted by molar-refractivity contribution is 5.42. The van der Waals surface area contributed by atoms with Crippen LogP contribution in [-0.2, 0) is 6.61 Å². The standard InChI is InChI=1S/C21H20O3/c1-23-18-11-7-10-17(14-18)21(22)19-12-5-6-13-20(19)24-15-16-8-3-2-4-9-16/h2-14,21-22H,15H2,1H3. The van der Waals surface area contributed by atoms with Crippen molar-refractivity contribution >= 4 is 0 Å². The Morgan fingerprint density at radius 1 is 0.875 bits per heavy atom. The third-order valence-corrected chi connectivity index (χ3v) is 3.86. The molecule has 24 heavy (non-hydrogen) atoms. The van der Waals surface area contributed by atoms with E-state index in [2.05, 4.69) is 0 Å². The van der Waals surface area contributed by atoms with Crippen molar-refractivity contribution in [2.45, 2.75) is 12.7 Å². The van der Waals surface area contributed by atoms with Gasteiger partial charge in [0.25, 0.3) is 0 Å². The van der Waals surface area contributed by atoms with E-state index in [-0.39, 0.29) is 0 Å². The van der Waals surface area contributed by atoms with Crippen LogP contribution >= 0.6 is 0 Å². The number of benzene rings is 3. The summed E-state index contributed by atoms with van der Waals surface area (Å²) in [5.74, 6) is 1.39. The number of para-hydroxylation sites is 1. The van der Waals surface area contributed by atoms with Crippen LogP contribution in [0.1, 0.15) is 22.8 Å². The van der Waals surface area contributed by atoms with Crippen molar-refractivity contribution in [3.05, 3.63) is 95.6 Å². The lowest BCUT2D eigenvalue weighted by molar-refractivity contribution is 0.208. The van der Waals surface area contributed by atoms with Gasteiger partial charge < -0.3 is 14.6 Å². The molecular formula is C21H20O3. The minimum atomic E-state index is -0.771. The van der Waals surface area contributed by atoms with Crippen LogP contribution in [0, 0.1) is 0 Å². The molecule has 3 aromatic rings. The zero-order valence-electron chi connectivity index (χ0n) is 13.6. The van der Waals surface area contributed by atoms with Gasteiger partial charge in [-0.05, 0) is 29.3 Å². The molecule has 0 heterocycles. The molecule has 3 aromatic carbocycles. The summed E-state index contributed by atoms with van der Waals surface area (Å²) in [6, 6.07) is 25.0. The average Bonchev–Trinajstić information content (AvgIpc) is 2.67. The van der Waals surface area contributed by atoms with Crippen molar-refractivity contribution in [3.8, 4) is 11.5 Å². The van der Waals surface area contributed by atoms with Crippen LogP contribution in [0.25, 0.3) is 0 Å². The average molecular weight is 320 g/mol. The highest BCUT2D eigenvalue weighted by Gasteiger charge is 2.16. The summed E-state index contributed by atoms with van der Waals surface area (Å²) in [5, 5.41) is 10.8. The minimum absolute atomic E-state index is 0.461. The summed E-state index contributed by atoms with van der Waals surface area (Å²) in [5.41, 5.74) is 2.59. The predicted molar refractivity (Wildman–Crippen MR) is 94.3 cm³/mol. The minimum Gasteiger partial charge on any atom is -0.497 e. The maximum atomic E-state index is 10.8. The lowest BCUT2D eigenvalue weighted by Crippen LogP contribution is -2.04. The number of hydrogen-bond donors (Lipinski definition) is 1. The lowest BCUT2D eigenvalue weighted by atomic mass is 10.0. The van der Waals surface area contributed by atoms with E-state index in [9.17, 15) is 5.11 Å². The Bertz CT molecular complexity index is 784. The fraction of sp³-hybridized carbons (Fsp3) is 0.143. The highest BCUT2D eigenvalue weighted by atomic mass is 16.5. The van der Waals surface area contributed by atoms with Crippen molar-refractivity contribution in [1.82, 2.24) is 0 Å². The van der Waals surface area contributed by atoms with Crippen LogP contribution in [-0.4, -0.2) is 12.2 Å². The van der Waals surface area contributed by atoms with Gasteiger partial charge in [0, 0.05) is 5.56 Å². The molecule has 0 saturated carbocycles. The number of aliphatic hydroxyl groups is 1. The van der Waals surface area contributed by atoms with E-state index < -0.39 is 6.10 Å². The van der Waals surface area contributed by atoms with Gasteiger partial charge >= 0.3 is 0 Å². The second-order valence-corrected chi connectivity index (χ2v) is 5.49. The molecule has 0 aliphatic rings. The zero-order chi connectivity index (χ0) is 16.8. The number of aliphatic hydroxyl groups excluding tert-OH is 1. The van der Waals surface area contributed by atoms with Crippen LogP contribution < -0.4 is 9.47 Å². The largest absolute Gasteiger partial charge is 0.497 e. The van der Waals surface area contributed by atoms with Crippen LogP contribution in [0.2, 0.25) is 0 Å². The van der Waals surface area contributed by atoms with Crippen molar-refractivity contribution in [1.29, 1.82) is 0 Å². The molecule has 0 saturated heterocycles. The number of rotatable bonds is 6. The molecule has 0 radical (unpaired) electrons. The van der Waals surface area contributed by atoms with Gasteiger partial charge in [0.1, 0.15) is 24.2 Å². The van der Waals surface area contributed by atoms with Gasteiger partial charge in [0.15, 0.2) is 0 Å². The highest BCUT2D eigenvalue weighted by Crippen LogP contribution is 2.31. The third kappa shape index (κ3) is 3.76.